The molecule has 2 heterocycles. The minimum Gasteiger partial charge on any atom is -0.394 e. The molecule has 18 heavy (non-hydrogen) atoms. The van der Waals surface area contributed by atoms with Crippen LogP contribution in [0.3, 0.4) is 0 Å². The van der Waals surface area contributed by atoms with Crippen LogP contribution in [0, 0.1) is 0 Å². The van der Waals surface area contributed by atoms with E-state index in [1.165, 1.54) is 0 Å². The molecule has 1 aliphatic rings. The summed E-state index contributed by atoms with van der Waals surface area (Å²) in [4.78, 5) is 17.8. The highest BCUT2D eigenvalue weighted by atomic mass is 16.5. The van der Waals surface area contributed by atoms with Crippen molar-refractivity contribution in [3.63, 3.8) is 0 Å². The van der Waals surface area contributed by atoms with Crippen molar-refractivity contribution in [3.05, 3.63) is 10.4 Å². The van der Waals surface area contributed by atoms with Crippen molar-refractivity contribution in [3.8, 4) is 0 Å². The van der Waals surface area contributed by atoms with Crippen molar-refractivity contribution in [2.45, 2.75) is 25.2 Å². The van der Waals surface area contributed by atoms with Crippen molar-refractivity contribution >= 4 is 17.5 Å². The number of nitrogens with two attached hydrogens (primary N) is 2. The van der Waals surface area contributed by atoms with Crippen molar-refractivity contribution in [2.75, 3.05) is 23.1 Å². The van der Waals surface area contributed by atoms with Crippen LogP contribution in [0.4, 0.5) is 17.5 Å². The van der Waals surface area contributed by atoms with Crippen molar-refractivity contribution in [2.24, 2.45) is 5.84 Å². The Morgan fingerprint density at radius 3 is 2.94 bits per heavy atom. The molecule has 0 aliphatic carbocycles. The lowest BCUT2D eigenvalue weighted by Crippen LogP contribution is -2.27. The molecule has 9 nitrogen and oxygen atoms in total. The van der Waals surface area contributed by atoms with E-state index < -0.39 is 5.56 Å². The molecule has 8 N–H and O–H groups in total. The van der Waals surface area contributed by atoms with E-state index in [1.807, 2.05) is 0 Å². The lowest BCUT2D eigenvalue weighted by molar-refractivity contribution is 0.0234. The van der Waals surface area contributed by atoms with E-state index in [9.17, 15) is 4.79 Å². The van der Waals surface area contributed by atoms with Crippen LogP contribution in [-0.4, -0.2) is 34.0 Å². The van der Waals surface area contributed by atoms with Gasteiger partial charge in [0.2, 0.25) is 5.95 Å². The molecule has 2 atom stereocenters. The van der Waals surface area contributed by atoms with Crippen LogP contribution in [0.25, 0.3) is 0 Å². The number of nitrogens with one attached hydrogen (secondary N) is 3. The average molecular weight is 256 g/mol. The van der Waals surface area contributed by atoms with Gasteiger partial charge < -0.3 is 26.3 Å². The topological polar surface area (TPSA) is 151 Å². The summed E-state index contributed by atoms with van der Waals surface area (Å²) in [6, 6.07) is 0. The summed E-state index contributed by atoms with van der Waals surface area (Å²) in [5, 5.41) is 11.9. The molecule has 1 aromatic rings. The quantitative estimate of drug-likeness (QED) is 0.282. The summed E-state index contributed by atoms with van der Waals surface area (Å²) in [7, 11) is 0. The molecule has 0 radical (unpaired) electrons. The third kappa shape index (κ3) is 2.53. The third-order valence-corrected chi connectivity index (χ3v) is 2.69. The number of aromatic nitrogens is 2. The van der Waals surface area contributed by atoms with Crippen molar-refractivity contribution in [1.82, 2.24) is 9.97 Å². The van der Waals surface area contributed by atoms with Gasteiger partial charge in [-0.05, 0) is 12.8 Å². The van der Waals surface area contributed by atoms with Crippen LogP contribution in [0.2, 0.25) is 0 Å². The minimum absolute atomic E-state index is 0.0156. The van der Waals surface area contributed by atoms with Gasteiger partial charge in [0.25, 0.3) is 5.56 Å². The highest BCUT2D eigenvalue weighted by Crippen LogP contribution is 2.23. The van der Waals surface area contributed by atoms with E-state index in [4.69, 9.17) is 21.4 Å². The van der Waals surface area contributed by atoms with Gasteiger partial charge in [-0.15, -0.1) is 0 Å². The second kappa shape index (κ2) is 5.21. The van der Waals surface area contributed by atoms with E-state index >= 15 is 0 Å². The Bertz CT molecular complexity index is 476. The number of H-pyrrole nitrogens is 1. The summed E-state index contributed by atoms with van der Waals surface area (Å²) in [5.74, 6) is 5.47. The molecule has 0 spiro atoms. The number of aliphatic hydroxyl groups is 1. The Morgan fingerprint density at radius 1 is 1.56 bits per heavy atom. The Kier molecular flexibility index (Phi) is 3.65. The van der Waals surface area contributed by atoms with Gasteiger partial charge in [-0.3, -0.25) is 15.6 Å². The number of aliphatic hydroxyl groups excluding tert-OH is 1. The number of hydrazine groups is 1. The van der Waals surface area contributed by atoms with Crippen LogP contribution in [-0.2, 0) is 4.74 Å². The van der Waals surface area contributed by atoms with Crippen molar-refractivity contribution < 1.29 is 9.84 Å². The molecule has 1 fully saturated rings. The zero-order valence-electron chi connectivity index (χ0n) is 9.64. The second-order valence-electron chi connectivity index (χ2n) is 3.97. The SMILES string of the molecule is NNc1c(N[C@H]2CC[C@@H](CO)O2)nc(N)[nH]c1=O. The molecule has 1 aliphatic heterocycles. The molecule has 0 aromatic carbocycles. The van der Waals surface area contributed by atoms with E-state index in [1.54, 1.807) is 0 Å². The highest BCUT2D eigenvalue weighted by molar-refractivity contribution is 5.63. The van der Waals surface area contributed by atoms with Gasteiger partial charge in [0.15, 0.2) is 11.5 Å². The first kappa shape index (κ1) is 12.6. The number of hydrogen-bond donors (Lipinski definition) is 6. The standard InChI is InChI=1S/C9H16N6O3/c10-9-13-7(6(15-11)8(17)14-9)12-5-2-1-4(3-16)18-5/h4-5,15-16H,1-3,11H2,(H4,10,12,13,14,17)/t4-,5+/m0/s1. The lowest BCUT2D eigenvalue weighted by Gasteiger charge is -2.16. The van der Waals surface area contributed by atoms with Crippen LogP contribution >= 0.6 is 0 Å². The van der Waals surface area contributed by atoms with Gasteiger partial charge in [0.1, 0.15) is 6.23 Å². The number of hydrogen-bond acceptors (Lipinski definition) is 8. The van der Waals surface area contributed by atoms with Gasteiger partial charge in [-0.1, -0.05) is 0 Å². The zero-order valence-corrected chi connectivity index (χ0v) is 9.64. The molecule has 1 aromatic heterocycles. The summed E-state index contributed by atoms with van der Waals surface area (Å²) in [6.45, 7) is -0.0366. The van der Waals surface area contributed by atoms with E-state index in [-0.39, 0.29) is 36.4 Å². The van der Waals surface area contributed by atoms with Gasteiger partial charge >= 0.3 is 0 Å². The van der Waals surface area contributed by atoms with Gasteiger partial charge in [0, 0.05) is 0 Å². The maximum absolute atomic E-state index is 11.5. The predicted molar refractivity (Wildman–Crippen MR) is 65.7 cm³/mol. The molecule has 1 saturated heterocycles. The largest absolute Gasteiger partial charge is 0.394 e. The number of aromatic amines is 1. The zero-order chi connectivity index (χ0) is 13.1. The molecule has 0 bridgehead atoms. The third-order valence-electron chi connectivity index (χ3n) is 2.69. The Hall–Kier alpha value is -1.84. The molecule has 100 valence electrons. The second-order valence-corrected chi connectivity index (χ2v) is 3.97. The van der Waals surface area contributed by atoms with Crippen LogP contribution in [0.1, 0.15) is 12.8 Å². The van der Waals surface area contributed by atoms with Gasteiger partial charge in [-0.25, -0.2) is 0 Å². The molecule has 9 heteroatoms. The predicted octanol–water partition coefficient (Wildman–Crippen LogP) is -1.45. The highest BCUT2D eigenvalue weighted by Gasteiger charge is 2.25. The molecule has 0 unspecified atom stereocenters. The first-order valence-corrected chi connectivity index (χ1v) is 5.53. The van der Waals surface area contributed by atoms with Crippen LogP contribution in [0.15, 0.2) is 4.79 Å². The van der Waals surface area contributed by atoms with Crippen LogP contribution < -0.4 is 27.9 Å². The number of nitrogen functional groups attached to an aromatic ring is 2. The first-order valence-electron chi connectivity index (χ1n) is 5.53. The van der Waals surface area contributed by atoms with E-state index in [2.05, 4.69) is 20.7 Å². The van der Waals surface area contributed by atoms with E-state index in [0.717, 1.165) is 6.42 Å². The normalized spacial score (nSPS) is 23.0. The fourth-order valence-electron chi connectivity index (χ4n) is 1.83. The molecular weight excluding hydrogens is 240 g/mol. The lowest BCUT2D eigenvalue weighted by atomic mass is 10.2. The minimum atomic E-state index is -0.468. The fourth-order valence-corrected chi connectivity index (χ4v) is 1.83. The monoisotopic (exact) mass is 256 g/mol. The molecule has 2 rings (SSSR count). The molecule has 0 amide bonds. The van der Waals surface area contributed by atoms with Gasteiger partial charge in [-0.2, -0.15) is 4.98 Å². The fraction of sp³-hybridized carbons (Fsp3) is 0.556. The number of ether oxygens (including phenoxy) is 1. The summed E-state index contributed by atoms with van der Waals surface area (Å²) < 4.78 is 5.47. The average Bonchev–Trinajstić information content (AvgIpc) is 2.76. The molecule has 0 saturated carbocycles. The van der Waals surface area contributed by atoms with Crippen LogP contribution in [0.5, 0.6) is 0 Å². The Labute approximate surface area is 103 Å². The summed E-state index contributed by atoms with van der Waals surface area (Å²) in [5.41, 5.74) is 7.33. The number of rotatable bonds is 4. The number of nitrogens with zero attached hydrogens (tertiary/aromatic N) is 1. The Balaban J connectivity index is 2.16. The summed E-state index contributed by atoms with van der Waals surface area (Å²) >= 11 is 0. The van der Waals surface area contributed by atoms with Gasteiger partial charge in [0.05, 0.1) is 12.7 Å². The van der Waals surface area contributed by atoms with Crippen molar-refractivity contribution in [1.29, 1.82) is 0 Å². The Morgan fingerprint density at radius 2 is 2.33 bits per heavy atom. The maximum atomic E-state index is 11.5. The maximum Gasteiger partial charge on any atom is 0.279 e. The molecular formula is C9H16N6O3. The number of anilines is 3. The van der Waals surface area contributed by atoms with E-state index in [0.29, 0.717) is 6.42 Å². The smallest absolute Gasteiger partial charge is 0.279 e. The summed E-state index contributed by atoms with van der Waals surface area (Å²) in [6.07, 6.45) is 0.904. The first-order chi connectivity index (χ1) is 8.63.